The van der Waals surface area contributed by atoms with Crippen molar-refractivity contribution in [3.63, 3.8) is 0 Å². The molecule has 0 amide bonds. The van der Waals surface area contributed by atoms with Gasteiger partial charge in [-0.05, 0) is 37.6 Å². The zero-order chi connectivity index (χ0) is 19.8. The normalized spacial score (nSPS) is 17.9. The fourth-order valence-electron chi connectivity index (χ4n) is 3.00. The lowest BCUT2D eigenvalue weighted by Gasteiger charge is -2.19. The van der Waals surface area contributed by atoms with E-state index in [-0.39, 0.29) is 29.3 Å². The summed E-state index contributed by atoms with van der Waals surface area (Å²) >= 11 is 0. The Kier molecular flexibility index (Phi) is 5.25. The fraction of sp³-hybridized carbons (Fsp3) is 0.389. The first-order chi connectivity index (χ1) is 12.7. The highest BCUT2D eigenvalue weighted by molar-refractivity contribution is 7.89. The van der Waals surface area contributed by atoms with Crippen LogP contribution >= 0.6 is 0 Å². The number of aryl methyl sites for hydroxylation is 1. The summed E-state index contributed by atoms with van der Waals surface area (Å²) in [6.07, 6.45) is 0.0660. The van der Waals surface area contributed by atoms with Crippen LogP contribution in [0.1, 0.15) is 12.1 Å². The van der Waals surface area contributed by atoms with Gasteiger partial charge in [-0.25, -0.2) is 12.8 Å². The summed E-state index contributed by atoms with van der Waals surface area (Å²) in [5, 5.41) is 0. The first-order valence-corrected chi connectivity index (χ1v) is 9.84. The van der Waals surface area contributed by atoms with Crippen molar-refractivity contribution in [3.8, 4) is 11.5 Å². The van der Waals surface area contributed by atoms with Crippen molar-refractivity contribution >= 4 is 10.0 Å². The van der Waals surface area contributed by atoms with Gasteiger partial charge in [0.1, 0.15) is 28.3 Å². The van der Waals surface area contributed by atoms with E-state index in [1.54, 1.807) is 20.0 Å². The van der Waals surface area contributed by atoms with Crippen LogP contribution in [0.15, 0.2) is 40.0 Å². The molecule has 1 aliphatic heterocycles. The number of ether oxygens (including phenoxy) is 2. The molecule has 0 radical (unpaired) electrons. The van der Waals surface area contributed by atoms with E-state index in [0.29, 0.717) is 12.2 Å². The molecule has 7 nitrogen and oxygen atoms in total. The summed E-state index contributed by atoms with van der Waals surface area (Å²) < 4.78 is 53.0. The monoisotopic (exact) mass is 396 g/mol. The molecule has 0 spiro atoms. The molecule has 1 fully saturated rings. The van der Waals surface area contributed by atoms with Crippen molar-refractivity contribution in [2.24, 2.45) is 7.05 Å². The number of aromatic nitrogens is 1. The van der Waals surface area contributed by atoms with E-state index >= 15 is 0 Å². The molecule has 1 aromatic carbocycles. The van der Waals surface area contributed by atoms with Crippen LogP contribution in [0, 0.1) is 12.7 Å². The molecule has 27 heavy (non-hydrogen) atoms. The summed E-state index contributed by atoms with van der Waals surface area (Å²) in [4.78, 5) is 11.7. The van der Waals surface area contributed by atoms with Gasteiger partial charge in [-0.15, -0.1) is 0 Å². The van der Waals surface area contributed by atoms with Crippen LogP contribution in [0.2, 0.25) is 0 Å². The van der Waals surface area contributed by atoms with Crippen LogP contribution in [-0.2, 0) is 17.1 Å². The van der Waals surface area contributed by atoms with Crippen LogP contribution in [0.3, 0.4) is 0 Å². The molecule has 0 bridgehead atoms. The van der Waals surface area contributed by atoms with Gasteiger partial charge in [0.15, 0.2) is 0 Å². The number of methoxy groups -OCH3 is 1. The molecule has 146 valence electrons. The molecule has 1 aromatic heterocycles. The Morgan fingerprint density at radius 3 is 2.63 bits per heavy atom. The van der Waals surface area contributed by atoms with Gasteiger partial charge in [0.05, 0.1) is 13.7 Å². The molecule has 0 saturated carbocycles. The van der Waals surface area contributed by atoms with E-state index in [0.717, 1.165) is 17.8 Å². The molecule has 2 heterocycles. The van der Waals surface area contributed by atoms with E-state index in [9.17, 15) is 17.6 Å². The Hall–Kier alpha value is -2.39. The van der Waals surface area contributed by atoms with Gasteiger partial charge >= 0.3 is 0 Å². The van der Waals surface area contributed by atoms with Gasteiger partial charge in [-0.2, -0.15) is 4.31 Å². The Bertz CT molecular complexity index is 1020. The van der Waals surface area contributed by atoms with E-state index in [1.165, 1.54) is 28.1 Å². The zero-order valence-electron chi connectivity index (χ0n) is 15.3. The second-order valence-electron chi connectivity index (χ2n) is 6.42. The molecular formula is C18H21FN2O5S. The number of benzene rings is 1. The molecule has 0 N–H and O–H groups in total. The summed E-state index contributed by atoms with van der Waals surface area (Å²) in [6.45, 7) is 2.13. The lowest BCUT2D eigenvalue weighted by molar-refractivity contribution is 0.214. The van der Waals surface area contributed by atoms with Crippen LogP contribution in [-0.4, -0.2) is 43.6 Å². The highest BCUT2D eigenvalue weighted by atomic mass is 32.2. The number of hydrogen-bond donors (Lipinski definition) is 0. The maximum atomic E-state index is 13.6. The van der Waals surface area contributed by atoms with Gasteiger partial charge in [0.25, 0.3) is 5.56 Å². The Morgan fingerprint density at radius 1 is 1.22 bits per heavy atom. The number of sulfonamides is 1. The molecule has 0 aliphatic carbocycles. The van der Waals surface area contributed by atoms with Crippen molar-refractivity contribution in [2.75, 3.05) is 20.2 Å². The lowest BCUT2D eigenvalue weighted by atomic mass is 10.3. The highest BCUT2D eigenvalue weighted by Gasteiger charge is 2.35. The molecule has 1 aliphatic rings. The largest absolute Gasteiger partial charge is 0.495 e. The predicted molar refractivity (Wildman–Crippen MR) is 97.2 cm³/mol. The summed E-state index contributed by atoms with van der Waals surface area (Å²) in [7, 11) is -0.932. The minimum absolute atomic E-state index is 0.0861. The number of hydrogen-bond acceptors (Lipinski definition) is 5. The number of pyridine rings is 1. The van der Waals surface area contributed by atoms with Gasteiger partial charge in [-0.1, -0.05) is 0 Å². The van der Waals surface area contributed by atoms with Crippen LogP contribution in [0.5, 0.6) is 11.5 Å². The third-order valence-electron chi connectivity index (χ3n) is 4.63. The van der Waals surface area contributed by atoms with Gasteiger partial charge in [0, 0.05) is 25.4 Å². The van der Waals surface area contributed by atoms with Crippen molar-refractivity contribution in [1.29, 1.82) is 0 Å². The zero-order valence-corrected chi connectivity index (χ0v) is 16.1. The molecule has 3 rings (SSSR count). The summed E-state index contributed by atoms with van der Waals surface area (Å²) in [6, 6.07) is 6.49. The van der Waals surface area contributed by atoms with Crippen LogP contribution in [0.25, 0.3) is 0 Å². The average molecular weight is 396 g/mol. The standard InChI is InChI=1S/C18H21FN2O5S/c1-12-8-15(10-18(22)20(12)2)26-14-6-7-21(11-14)27(23,24)17-9-13(19)4-5-16(17)25-3/h4-5,8-10,14H,6-7,11H2,1-3H3. The maximum absolute atomic E-state index is 13.6. The second-order valence-corrected chi connectivity index (χ2v) is 8.32. The average Bonchev–Trinajstić information content (AvgIpc) is 3.09. The molecule has 1 saturated heterocycles. The SMILES string of the molecule is COc1ccc(F)cc1S(=O)(=O)N1CCC(Oc2cc(C)n(C)c(=O)c2)C1. The molecule has 2 aromatic rings. The third-order valence-corrected chi connectivity index (χ3v) is 6.52. The predicted octanol–water partition coefficient (Wildman–Crippen LogP) is 1.68. The first-order valence-electron chi connectivity index (χ1n) is 8.40. The van der Waals surface area contributed by atoms with Gasteiger partial charge in [-0.3, -0.25) is 4.79 Å². The van der Waals surface area contributed by atoms with Crippen LogP contribution in [0.4, 0.5) is 4.39 Å². The number of halogens is 1. The Labute approximate surface area is 157 Å². The quantitative estimate of drug-likeness (QED) is 0.769. The summed E-state index contributed by atoms with van der Waals surface area (Å²) in [5.74, 6) is -0.164. The van der Waals surface area contributed by atoms with Gasteiger partial charge < -0.3 is 14.0 Å². The molecule has 1 unspecified atom stereocenters. The van der Waals surface area contributed by atoms with Crippen molar-refractivity contribution in [1.82, 2.24) is 8.87 Å². The minimum Gasteiger partial charge on any atom is -0.495 e. The first kappa shape index (κ1) is 19.4. The third kappa shape index (κ3) is 3.84. The van der Waals surface area contributed by atoms with Crippen molar-refractivity contribution in [3.05, 3.63) is 52.2 Å². The van der Waals surface area contributed by atoms with Crippen molar-refractivity contribution in [2.45, 2.75) is 24.3 Å². The topological polar surface area (TPSA) is 77.8 Å². The lowest BCUT2D eigenvalue weighted by Crippen LogP contribution is -2.31. The molecular weight excluding hydrogens is 375 g/mol. The highest BCUT2D eigenvalue weighted by Crippen LogP contribution is 2.30. The minimum atomic E-state index is -3.93. The van der Waals surface area contributed by atoms with Crippen LogP contribution < -0.4 is 15.0 Å². The smallest absolute Gasteiger partial charge is 0.254 e. The van der Waals surface area contributed by atoms with E-state index in [4.69, 9.17) is 9.47 Å². The van der Waals surface area contributed by atoms with Crippen molar-refractivity contribution < 1.29 is 22.3 Å². The second kappa shape index (κ2) is 7.32. The van der Waals surface area contributed by atoms with E-state index < -0.39 is 21.9 Å². The van der Waals surface area contributed by atoms with E-state index in [1.807, 2.05) is 0 Å². The Balaban J connectivity index is 1.79. The molecule has 1 atom stereocenters. The number of nitrogens with zero attached hydrogens (tertiary/aromatic N) is 2. The Morgan fingerprint density at radius 2 is 1.96 bits per heavy atom. The maximum Gasteiger partial charge on any atom is 0.254 e. The summed E-state index contributed by atoms with van der Waals surface area (Å²) in [5.41, 5.74) is 0.543. The number of rotatable bonds is 5. The fourth-order valence-corrected chi connectivity index (χ4v) is 4.65. The molecule has 9 heteroatoms. The van der Waals surface area contributed by atoms with E-state index in [2.05, 4.69) is 0 Å². The van der Waals surface area contributed by atoms with Gasteiger partial charge in [0.2, 0.25) is 10.0 Å².